The van der Waals surface area contributed by atoms with Gasteiger partial charge in [0, 0.05) is 66.0 Å². The van der Waals surface area contributed by atoms with Crippen LogP contribution in [-0.4, -0.2) is 148 Å². The fraction of sp³-hybridized carbons (Fsp3) is 0.750. The van der Waals surface area contributed by atoms with Gasteiger partial charge >= 0.3 is 0 Å². The molecule has 184 valence electrons. The first-order valence-electron chi connectivity index (χ1n) is 11.6. The van der Waals surface area contributed by atoms with Crippen molar-refractivity contribution in [2.75, 3.05) is 94.6 Å². The first kappa shape index (κ1) is 28.3. The Kier molecular flexibility index (Phi) is 12.7. The van der Waals surface area contributed by atoms with Crippen molar-refractivity contribution in [2.24, 2.45) is 0 Å². The van der Waals surface area contributed by atoms with Gasteiger partial charge in [-0.2, -0.15) is 0 Å². The molecule has 3 saturated heterocycles. The Morgan fingerprint density at radius 1 is 0.750 bits per heavy atom. The van der Waals surface area contributed by atoms with Gasteiger partial charge in [0.05, 0.1) is 12.6 Å². The van der Waals surface area contributed by atoms with Crippen molar-refractivity contribution in [3.05, 3.63) is 25.3 Å². The maximum absolute atomic E-state index is 11.6. The topological polar surface area (TPSA) is 53.6 Å². The summed E-state index contributed by atoms with van der Waals surface area (Å²) in [6.07, 6.45) is 5.68. The molecular weight excluding hydrogens is 404 g/mol. The molecule has 0 radical (unpaired) electrons. The van der Waals surface area contributed by atoms with E-state index in [1.165, 1.54) is 19.6 Å². The van der Waals surface area contributed by atoms with Gasteiger partial charge in [0.1, 0.15) is 0 Å². The Balaban J connectivity index is 0.000000242. The van der Waals surface area contributed by atoms with E-state index in [0.717, 1.165) is 39.0 Å². The molecular formula is C24H46N6O2. The van der Waals surface area contributed by atoms with E-state index in [1.807, 2.05) is 39.2 Å². The largest absolute Gasteiger partial charge is 0.343 e. The summed E-state index contributed by atoms with van der Waals surface area (Å²) in [5.41, 5.74) is 0. The highest BCUT2D eigenvalue weighted by Gasteiger charge is 2.29. The molecule has 32 heavy (non-hydrogen) atoms. The summed E-state index contributed by atoms with van der Waals surface area (Å²) in [5, 5.41) is 0. The van der Waals surface area contributed by atoms with Crippen LogP contribution in [0.15, 0.2) is 25.3 Å². The number of piperazine rings is 3. The summed E-state index contributed by atoms with van der Waals surface area (Å²) in [6, 6.07) is 0.701. The molecule has 3 fully saturated rings. The summed E-state index contributed by atoms with van der Waals surface area (Å²) in [5.74, 6) is 0.437. The summed E-state index contributed by atoms with van der Waals surface area (Å²) < 4.78 is 0. The standard InChI is InChI=1S/C9H16N2O.C9H18N2.C6H12N2O/c1-4-5-8-9(12)11(3)7-6-10(8)2;1-4-5-9-8-10(2)6-7-11(9)3;1-7-3-4-8(2)6(9)5-7/h4,8H,1,5-7H2,2-3H3;4,9H,1,5-8H2,2-3H3;3-5H2,1-2H3. The molecule has 2 amide bonds. The number of amides is 2. The fourth-order valence-electron chi connectivity index (χ4n) is 3.88. The molecule has 2 unspecified atom stereocenters. The summed E-state index contributed by atoms with van der Waals surface area (Å²) in [7, 11) is 12.0. The predicted octanol–water partition coefficient (Wildman–Crippen LogP) is 0.533. The van der Waals surface area contributed by atoms with Gasteiger partial charge in [-0.3, -0.25) is 19.4 Å². The Labute approximate surface area is 196 Å². The fourth-order valence-corrected chi connectivity index (χ4v) is 3.88. The lowest BCUT2D eigenvalue weighted by atomic mass is 10.1. The van der Waals surface area contributed by atoms with Crippen LogP contribution >= 0.6 is 0 Å². The Bertz CT molecular complexity index is 613. The molecule has 8 nitrogen and oxygen atoms in total. The van der Waals surface area contributed by atoms with E-state index in [0.29, 0.717) is 12.6 Å². The van der Waals surface area contributed by atoms with E-state index < -0.39 is 0 Å². The number of rotatable bonds is 4. The highest BCUT2D eigenvalue weighted by molar-refractivity contribution is 5.82. The maximum atomic E-state index is 11.6. The van der Waals surface area contributed by atoms with E-state index in [2.05, 4.69) is 42.0 Å². The summed E-state index contributed by atoms with van der Waals surface area (Å²) in [4.78, 5) is 34.9. The first-order valence-corrected chi connectivity index (χ1v) is 11.6. The molecule has 0 saturated carbocycles. The average molecular weight is 451 g/mol. The van der Waals surface area contributed by atoms with Crippen LogP contribution in [0.4, 0.5) is 0 Å². The maximum Gasteiger partial charge on any atom is 0.240 e. The zero-order valence-corrected chi connectivity index (χ0v) is 21.3. The molecule has 0 spiro atoms. The zero-order chi connectivity index (χ0) is 24.3. The molecule has 0 N–H and O–H groups in total. The molecule has 3 rings (SSSR count). The highest BCUT2D eigenvalue weighted by atomic mass is 16.2. The SMILES string of the molecule is C=CCC1C(=O)N(C)CCN1C.C=CCC1CN(C)CCN1C.CN1CCN(C)C(=O)C1. The Morgan fingerprint density at radius 3 is 1.88 bits per heavy atom. The van der Waals surface area contributed by atoms with Crippen LogP contribution in [0.5, 0.6) is 0 Å². The molecule has 0 aliphatic carbocycles. The highest BCUT2D eigenvalue weighted by Crippen LogP contribution is 2.11. The van der Waals surface area contributed by atoms with Crippen molar-refractivity contribution in [3.8, 4) is 0 Å². The van der Waals surface area contributed by atoms with E-state index >= 15 is 0 Å². The minimum atomic E-state index is 0.0150. The third-order valence-electron chi connectivity index (χ3n) is 6.44. The minimum absolute atomic E-state index is 0.0150. The average Bonchev–Trinajstić information content (AvgIpc) is 2.75. The number of carbonyl (C=O) groups is 2. The Morgan fingerprint density at radius 2 is 1.31 bits per heavy atom. The van der Waals surface area contributed by atoms with Crippen molar-refractivity contribution in [1.82, 2.24) is 29.4 Å². The predicted molar refractivity (Wildman–Crippen MR) is 133 cm³/mol. The molecule has 0 aromatic rings. The van der Waals surface area contributed by atoms with Crippen LogP contribution in [0, 0.1) is 0 Å². The van der Waals surface area contributed by atoms with Crippen molar-refractivity contribution in [3.63, 3.8) is 0 Å². The van der Waals surface area contributed by atoms with Crippen LogP contribution in [0.25, 0.3) is 0 Å². The lowest BCUT2D eigenvalue weighted by Gasteiger charge is -2.37. The summed E-state index contributed by atoms with van der Waals surface area (Å²) in [6.45, 7) is 15.2. The van der Waals surface area contributed by atoms with E-state index in [-0.39, 0.29) is 17.9 Å². The number of likely N-dealkylation sites (N-methyl/N-ethyl adjacent to an activating group) is 6. The van der Waals surface area contributed by atoms with Gasteiger partial charge in [-0.25, -0.2) is 0 Å². The molecule has 3 aliphatic heterocycles. The van der Waals surface area contributed by atoms with Crippen LogP contribution in [-0.2, 0) is 9.59 Å². The van der Waals surface area contributed by atoms with Gasteiger partial charge in [-0.15, -0.1) is 13.2 Å². The number of hydrogen-bond donors (Lipinski definition) is 0. The summed E-state index contributed by atoms with van der Waals surface area (Å²) >= 11 is 0. The molecule has 0 aromatic carbocycles. The van der Waals surface area contributed by atoms with Crippen molar-refractivity contribution >= 4 is 11.8 Å². The third-order valence-corrected chi connectivity index (χ3v) is 6.44. The van der Waals surface area contributed by atoms with Gasteiger partial charge in [-0.1, -0.05) is 12.2 Å². The number of hydrogen-bond acceptors (Lipinski definition) is 6. The van der Waals surface area contributed by atoms with Gasteiger partial charge in [0.25, 0.3) is 0 Å². The first-order chi connectivity index (χ1) is 15.1. The number of carbonyl (C=O) groups excluding carboxylic acids is 2. The van der Waals surface area contributed by atoms with Crippen LogP contribution in [0.1, 0.15) is 12.8 Å². The van der Waals surface area contributed by atoms with E-state index in [4.69, 9.17) is 0 Å². The second kappa shape index (κ2) is 14.4. The van der Waals surface area contributed by atoms with Crippen molar-refractivity contribution < 1.29 is 9.59 Å². The lowest BCUT2D eigenvalue weighted by Crippen LogP contribution is -2.53. The van der Waals surface area contributed by atoms with Gasteiger partial charge in [-0.05, 0) is 41.0 Å². The normalized spacial score (nSPS) is 26.1. The second-order valence-electron chi connectivity index (χ2n) is 9.25. The lowest BCUT2D eigenvalue weighted by molar-refractivity contribution is -0.139. The van der Waals surface area contributed by atoms with E-state index in [1.54, 1.807) is 15.9 Å². The van der Waals surface area contributed by atoms with Crippen molar-refractivity contribution in [1.29, 1.82) is 0 Å². The zero-order valence-electron chi connectivity index (χ0n) is 21.3. The second-order valence-corrected chi connectivity index (χ2v) is 9.25. The Hall–Kier alpha value is -1.74. The molecule has 0 bridgehead atoms. The van der Waals surface area contributed by atoms with Gasteiger partial charge < -0.3 is 19.6 Å². The van der Waals surface area contributed by atoms with Gasteiger partial charge in [0.2, 0.25) is 11.8 Å². The van der Waals surface area contributed by atoms with Crippen LogP contribution in [0.2, 0.25) is 0 Å². The van der Waals surface area contributed by atoms with Crippen LogP contribution < -0.4 is 0 Å². The minimum Gasteiger partial charge on any atom is -0.343 e. The molecule has 3 aliphatic rings. The molecule has 3 heterocycles. The van der Waals surface area contributed by atoms with Crippen molar-refractivity contribution in [2.45, 2.75) is 24.9 Å². The smallest absolute Gasteiger partial charge is 0.240 e. The molecule has 2 atom stereocenters. The van der Waals surface area contributed by atoms with Gasteiger partial charge in [0.15, 0.2) is 0 Å². The third kappa shape index (κ3) is 9.40. The van der Waals surface area contributed by atoms with E-state index in [9.17, 15) is 9.59 Å². The molecule has 0 aromatic heterocycles. The monoisotopic (exact) mass is 450 g/mol. The molecule has 8 heteroatoms. The number of nitrogens with zero attached hydrogens (tertiary/aromatic N) is 6. The van der Waals surface area contributed by atoms with Crippen LogP contribution in [0.3, 0.4) is 0 Å². The quantitative estimate of drug-likeness (QED) is 0.583.